The van der Waals surface area contributed by atoms with Crippen molar-refractivity contribution in [3.8, 4) is 0 Å². The van der Waals surface area contributed by atoms with E-state index >= 15 is 0 Å². The average Bonchev–Trinajstić information content (AvgIpc) is 2.95. The van der Waals surface area contributed by atoms with E-state index in [1.807, 2.05) is 37.3 Å². The number of hydrogen-bond acceptors (Lipinski definition) is 4. The van der Waals surface area contributed by atoms with Crippen LogP contribution in [0, 0.1) is 0 Å². The van der Waals surface area contributed by atoms with Crippen molar-refractivity contribution in [3.05, 3.63) is 48.0 Å². The monoisotopic (exact) mass is 417 g/mol. The molecule has 0 bridgehead atoms. The van der Waals surface area contributed by atoms with Crippen LogP contribution in [0.3, 0.4) is 0 Å². The Morgan fingerprint density at radius 3 is 2.03 bits per heavy atom. The first-order chi connectivity index (χ1) is 13.1. The first kappa shape index (κ1) is 23.4. The van der Waals surface area contributed by atoms with E-state index < -0.39 is 31.7 Å². The number of nitrogens with zero attached hydrogens (tertiary/aromatic N) is 1. The number of carbonyl (C=O) groups excluding carboxylic acids is 2. The molecule has 0 aliphatic carbocycles. The number of ether oxygens (including phenoxy) is 1. The van der Waals surface area contributed by atoms with Gasteiger partial charge in [0, 0.05) is 6.08 Å². The van der Waals surface area contributed by atoms with Gasteiger partial charge in [0.25, 0.3) is 5.91 Å². The molecule has 5 nitrogen and oxygen atoms in total. The summed E-state index contributed by atoms with van der Waals surface area (Å²) in [5.74, 6) is -0.384. The second-order valence-electron chi connectivity index (χ2n) is 10.3. The molecule has 0 saturated heterocycles. The zero-order valence-electron chi connectivity index (χ0n) is 19.2. The number of carbonyl (C=O) groups is 2. The van der Waals surface area contributed by atoms with E-state index in [0.717, 1.165) is 5.56 Å². The Hall–Kier alpha value is -1.92. The van der Waals surface area contributed by atoms with Gasteiger partial charge in [-0.25, -0.2) is 9.69 Å². The second-order valence-corrected chi connectivity index (χ2v) is 15.1. The van der Waals surface area contributed by atoms with E-state index in [1.165, 1.54) is 11.0 Å². The third-order valence-electron chi connectivity index (χ3n) is 5.71. The van der Waals surface area contributed by atoms with Gasteiger partial charge in [-0.3, -0.25) is 4.79 Å². The molecule has 0 radical (unpaired) electrons. The van der Waals surface area contributed by atoms with Crippen LogP contribution in [0.5, 0.6) is 0 Å². The van der Waals surface area contributed by atoms with Crippen molar-refractivity contribution in [2.24, 2.45) is 0 Å². The fourth-order valence-corrected chi connectivity index (χ4v) is 4.77. The van der Waals surface area contributed by atoms with Crippen molar-refractivity contribution in [2.75, 3.05) is 0 Å². The highest BCUT2D eigenvalue weighted by atomic mass is 28.4. The first-order valence-corrected chi connectivity index (χ1v) is 13.0. The van der Waals surface area contributed by atoms with E-state index in [0.29, 0.717) is 0 Å². The van der Waals surface area contributed by atoms with E-state index in [9.17, 15) is 9.59 Å². The predicted octanol–water partition coefficient (Wildman–Crippen LogP) is 5.63. The smallest absolute Gasteiger partial charge is 0.417 e. The van der Waals surface area contributed by atoms with Crippen molar-refractivity contribution < 1.29 is 18.8 Å². The van der Waals surface area contributed by atoms with Crippen molar-refractivity contribution >= 4 is 20.3 Å². The van der Waals surface area contributed by atoms with Crippen LogP contribution < -0.4 is 0 Å². The molecule has 1 aromatic rings. The van der Waals surface area contributed by atoms with Crippen LogP contribution in [0.25, 0.3) is 0 Å². The van der Waals surface area contributed by atoms with Gasteiger partial charge in [0.1, 0.15) is 11.2 Å². The summed E-state index contributed by atoms with van der Waals surface area (Å²) in [6.07, 6.45) is 2.54. The molecule has 29 heavy (non-hydrogen) atoms. The summed E-state index contributed by atoms with van der Waals surface area (Å²) in [4.78, 5) is 26.8. The van der Waals surface area contributed by atoms with Crippen molar-refractivity contribution in [1.29, 1.82) is 0 Å². The van der Waals surface area contributed by atoms with Crippen molar-refractivity contribution in [3.63, 3.8) is 0 Å². The molecule has 2 rings (SSSR count). The normalized spacial score (nSPS) is 20.0. The number of benzene rings is 1. The Morgan fingerprint density at radius 2 is 1.55 bits per heavy atom. The molecular formula is C23H35NO4Si. The average molecular weight is 418 g/mol. The fraction of sp³-hybridized carbons (Fsp3) is 0.565. The molecule has 0 saturated carbocycles. The summed E-state index contributed by atoms with van der Waals surface area (Å²) in [5.41, 5.74) is -0.680. The van der Waals surface area contributed by atoms with Crippen molar-refractivity contribution in [1.82, 2.24) is 4.90 Å². The summed E-state index contributed by atoms with van der Waals surface area (Å²) in [6.45, 7) is 18.2. The van der Waals surface area contributed by atoms with E-state index in [4.69, 9.17) is 9.16 Å². The summed E-state index contributed by atoms with van der Waals surface area (Å²) >= 11 is 0. The Labute approximate surface area is 176 Å². The molecule has 2 atom stereocenters. The fourth-order valence-electron chi connectivity index (χ4n) is 3.16. The molecule has 2 amide bonds. The zero-order chi connectivity index (χ0) is 22.3. The van der Waals surface area contributed by atoms with Crippen LogP contribution in [0.2, 0.25) is 18.1 Å². The van der Waals surface area contributed by atoms with Crippen LogP contribution in [0.4, 0.5) is 4.79 Å². The molecule has 1 aliphatic heterocycles. The third kappa shape index (κ3) is 4.98. The molecule has 0 aromatic heterocycles. The number of imide groups is 1. The molecule has 0 unspecified atom stereocenters. The first-order valence-electron chi connectivity index (χ1n) is 10.1. The topological polar surface area (TPSA) is 55.8 Å². The van der Waals surface area contributed by atoms with Gasteiger partial charge in [-0.05, 0) is 51.4 Å². The molecule has 0 fully saturated rings. The molecule has 1 aliphatic rings. The lowest BCUT2D eigenvalue weighted by atomic mass is 9.88. The lowest BCUT2D eigenvalue weighted by molar-refractivity contribution is -0.129. The van der Waals surface area contributed by atoms with Crippen LogP contribution in [-0.2, 0) is 19.6 Å². The second kappa shape index (κ2) is 7.72. The van der Waals surface area contributed by atoms with Gasteiger partial charge < -0.3 is 9.16 Å². The number of amides is 2. The van der Waals surface area contributed by atoms with E-state index in [-0.39, 0.29) is 10.9 Å². The predicted molar refractivity (Wildman–Crippen MR) is 118 cm³/mol. The van der Waals surface area contributed by atoms with Crippen molar-refractivity contribution in [2.45, 2.75) is 83.8 Å². The summed E-state index contributed by atoms with van der Waals surface area (Å²) in [5, 5.41) is -0.0356. The standard InChI is InChI=1S/C23H35NO4Si/c1-21(2,3)27-20(26)24-18(15-16-19(24)25)23(7,17-13-11-10-12-14-17)28-29(8,9)22(4,5)6/h10-16,18H,1-9H3/t18-,23+/m1/s1. The van der Waals surface area contributed by atoms with Crippen LogP contribution in [0.1, 0.15) is 54.0 Å². The van der Waals surface area contributed by atoms with Gasteiger partial charge in [0.15, 0.2) is 8.32 Å². The summed E-state index contributed by atoms with van der Waals surface area (Å²) in [7, 11) is -2.25. The van der Waals surface area contributed by atoms with Gasteiger partial charge in [-0.15, -0.1) is 0 Å². The Bertz CT molecular complexity index is 789. The highest BCUT2D eigenvalue weighted by molar-refractivity contribution is 6.74. The molecule has 1 aromatic carbocycles. The Kier molecular flexibility index (Phi) is 6.22. The van der Waals surface area contributed by atoms with Crippen LogP contribution in [-0.4, -0.2) is 36.9 Å². The quantitative estimate of drug-likeness (QED) is 0.596. The molecule has 0 spiro atoms. The highest BCUT2D eigenvalue weighted by Crippen LogP contribution is 2.45. The molecule has 6 heteroatoms. The van der Waals surface area contributed by atoms with Gasteiger partial charge >= 0.3 is 6.09 Å². The van der Waals surface area contributed by atoms with Crippen LogP contribution in [0.15, 0.2) is 42.5 Å². The van der Waals surface area contributed by atoms with Gasteiger partial charge in [-0.1, -0.05) is 57.2 Å². The maximum absolute atomic E-state index is 12.9. The number of hydrogen-bond donors (Lipinski definition) is 0. The minimum atomic E-state index is -2.25. The van der Waals surface area contributed by atoms with Gasteiger partial charge in [-0.2, -0.15) is 0 Å². The van der Waals surface area contributed by atoms with Gasteiger partial charge in [0.2, 0.25) is 0 Å². The largest absolute Gasteiger partial charge is 0.443 e. The molecule has 0 N–H and O–H groups in total. The molecule has 1 heterocycles. The highest BCUT2D eigenvalue weighted by Gasteiger charge is 2.52. The summed E-state index contributed by atoms with van der Waals surface area (Å²) < 4.78 is 12.4. The van der Waals surface area contributed by atoms with Crippen LogP contribution >= 0.6 is 0 Å². The van der Waals surface area contributed by atoms with E-state index in [1.54, 1.807) is 26.8 Å². The zero-order valence-corrected chi connectivity index (χ0v) is 20.2. The lowest BCUT2D eigenvalue weighted by Gasteiger charge is -2.48. The molecular weight excluding hydrogens is 382 g/mol. The maximum Gasteiger partial charge on any atom is 0.417 e. The minimum absolute atomic E-state index is 0.0356. The maximum atomic E-state index is 12.9. The lowest BCUT2D eigenvalue weighted by Crippen LogP contribution is -2.57. The SMILES string of the molecule is CC(C)(C)OC(=O)N1C(=O)C=C[C@@H]1[C@@](C)(O[Si](C)(C)C(C)(C)C)c1ccccc1. The Morgan fingerprint density at radius 1 is 1.00 bits per heavy atom. The van der Waals surface area contributed by atoms with Gasteiger partial charge in [0.05, 0.1) is 6.04 Å². The minimum Gasteiger partial charge on any atom is -0.443 e. The number of rotatable bonds is 4. The third-order valence-corrected chi connectivity index (χ3v) is 10.3. The van der Waals surface area contributed by atoms with E-state index in [2.05, 4.69) is 33.9 Å². The Balaban J connectivity index is 2.55. The summed E-state index contributed by atoms with van der Waals surface area (Å²) in [6, 6.07) is 9.20. The molecule has 160 valence electrons.